The van der Waals surface area contributed by atoms with Crippen molar-refractivity contribution in [1.82, 2.24) is 0 Å². The van der Waals surface area contributed by atoms with Crippen molar-refractivity contribution in [3.05, 3.63) is 87.9 Å². The zero-order valence-corrected chi connectivity index (χ0v) is 25.7. The van der Waals surface area contributed by atoms with Crippen molar-refractivity contribution in [2.45, 2.75) is 48.9 Å². The van der Waals surface area contributed by atoms with E-state index in [1.165, 1.54) is 6.07 Å². The van der Waals surface area contributed by atoms with Crippen LogP contribution in [0.4, 0.5) is 58.4 Å². The minimum atomic E-state index is -6.76. The fourth-order valence-electron chi connectivity index (χ4n) is 5.73. The lowest BCUT2D eigenvalue weighted by Crippen LogP contribution is -2.56. The Labute approximate surface area is 282 Å². The first-order chi connectivity index (χ1) is 23.2. The standard InChI is InChI=1S/C31H18ClF12N3O4/c1-13(48)47(23-18-9-5-3-7-16(18)21(32)11-20(23)27(51,30(39,40)41)31(42,43)44)24(25(46)49)22-17-8-4-2-6-15(17)14(12-45)10-19(22)26(50,28(33,34)35)29(36,37)38/h2-11,24,50-51H,1H3,(H2,46,49). The molecule has 7 nitrogen and oxygen atoms in total. The maximum Gasteiger partial charge on any atom is 0.430 e. The fourth-order valence-corrected chi connectivity index (χ4v) is 6.01. The molecule has 0 bridgehead atoms. The number of nitrogens with two attached hydrogens (primary N) is 1. The number of fused-ring (bicyclic) bond motifs is 2. The van der Waals surface area contributed by atoms with E-state index < -0.39 is 108 Å². The molecular weight excluding hydrogens is 742 g/mol. The van der Waals surface area contributed by atoms with E-state index in [1.807, 2.05) is 0 Å². The molecule has 4 rings (SSSR count). The second-order valence-corrected chi connectivity index (χ2v) is 11.4. The molecular formula is C31H18ClF12N3O4. The fraction of sp³-hybridized carbons (Fsp3) is 0.258. The van der Waals surface area contributed by atoms with Crippen molar-refractivity contribution in [3.8, 4) is 6.07 Å². The van der Waals surface area contributed by atoms with E-state index in [4.69, 9.17) is 17.3 Å². The summed E-state index contributed by atoms with van der Waals surface area (Å²) in [5.41, 5.74) is -15.7. The van der Waals surface area contributed by atoms with Crippen molar-refractivity contribution in [1.29, 1.82) is 5.26 Å². The first-order valence-electron chi connectivity index (χ1n) is 13.7. The molecule has 0 aromatic heterocycles. The zero-order chi connectivity index (χ0) is 38.9. The predicted octanol–water partition coefficient (Wildman–Crippen LogP) is 7.72. The van der Waals surface area contributed by atoms with Gasteiger partial charge < -0.3 is 15.9 Å². The van der Waals surface area contributed by atoms with Crippen LogP contribution < -0.4 is 10.6 Å². The summed E-state index contributed by atoms with van der Waals surface area (Å²) in [7, 11) is 0. The maximum atomic E-state index is 14.4. The highest BCUT2D eigenvalue weighted by Crippen LogP contribution is 2.57. The van der Waals surface area contributed by atoms with E-state index >= 15 is 0 Å². The summed E-state index contributed by atoms with van der Waals surface area (Å²) < 4.78 is 173. The highest BCUT2D eigenvalue weighted by molar-refractivity contribution is 6.36. The Morgan fingerprint density at radius 3 is 1.55 bits per heavy atom. The molecule has 4 aromatic carbocycles. The quantitative estimate of drug-likeness (QED) is 0.174. The topological polar surface area (TPSA) is 128 Å². The van der Waals surface area contributed by atoms with Gasteiger partial charge in [0.1, 0.15) is 6.04 Å². The summed E-state index contributed by atoms with van der Waals surface area (Å²) in [6, 6.07) is 5.26. The number of anilines is 1. The molecule has 0 aliphatic heterocycles. The molecule has 0 radical (unpaired) electrons. The van der Waals surface area contributed by atoms with Gasteiger partial charge in [-0.05, 0) is 28.5 Å². The first-order valence-corrected chi connectivity index (χ1v) is 14.0. The Morgan fingerprint density at radius 2 is 1.14 bits per heavy atom. The van der Waals surface area contributed by atoms with Gasteiger partial charge in [-0.15, -0.1) is 0 Å². The number of alkyl halides is 12. The van der Waals surface area contributed by atoms with Crippen LogP contribution in [-0.2, 0) is 20.8 Å². The van der Waals surface area contributed by atoms with Crippen LogP contribution in [0.2, 0.25) is 5.02 Å². The third-order valence-electron chi connectivity index (χ3n) is 7.97. The number of halogens is 13. The zero-order valence-electron chi connectivity index (χ0n) is 24.9. The van der Waals surface area contributed by atoms with Crippen LogP contribution in [0.15, 0.2) is 60.7 Å². The molecule has 0 aliphatic rings. The molecule has 0 spiro atoms. The van der Waals surface area contributed by atoms with Gasteiger partial charge >= 0.3 is 24.7 Å². The van der Waals surface area contributed by atoms with E-state index in [9.17, 15) is 77.7 Å². The van der Waals surface area contributed by atoms with Crippen LogP contribution >= 0.6 is 11.6 Å². The number of benzene rings is 4. The second-order valence-electron chi connectivity index (χ2n) is 10.9. The minimum Gasteiger partial charge on any atom is -0.369 e. The van der Waals surface area contributed by atoms with Crippen molar-refractivity contribution in [2.75, 3.05) is 4.90 Å². The number of amides is 2. The summed E-state index contributed by atoms with van der Waals surface area (Å²) in [4.78, 5) is 26.4. The smallest absolute Gasteiger partial charge is 0.369 e. The molecule has 1 atom stereocenters. The van der Waals surface area contributed by atoms with Crippen LogP contribution in [0, 0.1) is 11.3 Å². The molecule has 4 aromatic rings. The minimum absolute atomic E-state index is 0.103. The summed E-state index contributed by atoms with van der Waals surface area (Å²) >= 11 is 6.03. The number of primary amides is 1. The average molecular weight is 760 g/mol. The summed E-state index contributed by atoms with van der Waals surface area (Å²) in [6.07, 6.45) is -27.0. The van der Waals surface area contributed by atoms with Crippen LogP contribution in [0.25, 0.3) is 21.5 Å². The number of hydrogen-bond donors (Lipinski definition) is 3. The molecule has 0 aliphatic carbocycles. The van der Waals surface area contributed by atoms with Gasteiger partial charge in [0.2, 0.25) is 11.8 Å². The highest BCUT2D eigenvalue weighted by atomic mass is 35.5. The van der Waals surface area contributed by atoms with Gasteiger partial charge in [-0.1, -0.05) is 60.1 Å². The summed E-state index contributed by atoms with van der Waals surface area (Å²) in [5.74, 6) is -3.97. The molecule has 0 saturated heterocycles. The molecule has 0 fully saturated rings. The molecule has 0 heterocycles. The van der Waals surface area contributed by atoms with Crippen LogP contribution in [0.1, 0.15) is 35.2 Å². The van der Waals surface area contributed by atoms with Gasteiger partial charge in [-0.2, -0.15) is 57.9 Å². The molecule has 272 valence electrons. The molecule has 4 N–H and O–H groups in total. The number of nitrogens with zero attached hydrogens (tertiary/aromatic N) is 2. The third-order valence-corrected chi connectivity index (χ3v) is 8.29. The number of aliphatic hydroxyl groups is 2. The molecule has 51 heavy (non-hydrogen) atoms. The van der Waals surface area contributed by atoms with Crippen molar-refractivity contribution in [2.24, 2.45) is 5.73 Å². The lowest BCUT2D eigenvalue weighted by atomic mass is 9.80. The molecule has 20 heteroatoms. The van der Waals surface area contributed by atoms with Crippen molar-refractivity contribution >= 4 is 50.6 Å². The Bertz CT molecular complexity index is 2080. The van der Waals surface area contributed by atoms with Crippen LogP contribution in [0.3, 0.4) is 0 Å². The van der Waals surface area contributed by atoms with Gasteiger partial charge in [0.05, 0.1) is 17.3 Å². The number of nitriles is 1. The van der Waals surface area contributed by atoms with Gasteiger partial charge in [0.15, 0.2) is 0 Å². The Balaban J connectivity index is 2.40. The van der Waals surface area contributed by atoms with Crippen LogP contribution in [0.5, 0.6) is 0 Å². The van der Waals surface area contributed by atoms with Gasteiger partial charge in [-0.3, -0.25) is 14.5 Å². The van der Waals surface area contributed by atoms with E-state index in [-0.39, 0.29) is 17.0 Å². The highest BCUT2D eigenvalue weighted by Gasteiger charge is 2.74. The Kier molecular flexibility index (Phi) is 9.52. The average Bonchev–Trinajstić information content (AvgIpc) is 3.00. The number of carbonyl (C=O) groups is 2. The number of rotatable bonds is 6. The molecule has 1 unspecified atom stereocenters. The maximum absolute atomic E-state index is 14.4. The second kappa shape index (κ2) is 12.5. The lowest BCUT2D eigenvalue weighted by Gasteiger charge is -2.40. The molecule has 2 amide bonds. The largest absolute Gasteiger partial charge is 0.430 e. The van der Waals surface area contributed by atoms with E-state index in [0.717, 1.165) is 42.5 Å². The Morgan fingerprint density at radius 1 is 0.725 bits per heavy atom. The van der Waals surface area contributed by atoms with Gasteiger partial charge in [0.25, 0.3) is 11.2 Å². The van der Waals surface area contributed by atoms with Gasteiger partial charge in [-0.25, -0.2) is 0 Å². The third kappa shape index (κ3) is 5.94. The van der Waals surface area contributed by atoms with E-state index in [2.05, 4.69) is 0 Å². The van der Waals surface area contributed by atoms with Crippen molar-refractivity contribution < 1.29 is 72.5 Å². The van der Waals surface area contributed by atoms with Gasteiger partial charge in [0, 0.05) is 33.8 Å². The number of hydrogen-bond acceptors (Lipinski definition) is 5. The summed E-state index contributed by atoms with van der Waals surface area (Å²) in [6.45, 7) is 0.356. The number of carbonyl (C=O) groups excluding carboxylic acids is 2. The molecule has 0 saturated carbocycles. The van der Waals surface area contributed by atoms with E-state index in [1.54, 1.807) is 0 Å². The first kappa shape index (κ1) is 39.0. The lowest BCUT2D eigenvalue weighted by molar-refractivity contribution is -0.376. The van der Waals surface area contributed by atoms with E-state index in [0.29, 0.717) is 13.0 Å². The normalized spacial score (nSPS) is 14.0. The predicted molar refractivity (Wildman–Crippen MR) is 155 cm³/mol. The Hall–Kier alpha value is -4.80. The summed E-state index contributed by atoms with van der Waals surface area (Å²) in [5, 5.41) is 27.0. The SMILES string of the molecule is CC(=O)N(c1c(C(O)(C(F)(F)F)C(F)(F)F)cc(Cl)c2ccccc12)C(C(N)=O)c1c(C(O)(C(F)(F)F)C(F)(F)F)cc(C#N)c2ccccc12. The van der Waals surface area contributed by atoms with Crippen LogP contribution in [-0.4, -0.2) is 46.7 Å². The van der Waals surface area contributed by atoms with Crippen molar-refractivity contribution in [3.63, 3.8) is 0 Å². The monoisotopic (exact) mass is 759 g/mol.